The molecule has 0 aromatic rings. The van der Waals surface area contributed by atoms with Gasteiger partial charge >= 0.3 is 0 Å². The fourth-order valence-electron chi connectivity index (χ4n) is 8.14. The molecule has 0 saturated carbocycles. The zero-order valence-electron chi connectivity index (χ0n) is 33.9. The van der Waals surface area contributed by atoms with E-state index in [9.17, 15) is 76.6 Å². The third-order valence-corrected chi connectivity index (χ3v) is 12.0. The van der Waals surface area contributed by atoms with Crippen LogP contribution in [0.3, 0.4) is 0 Å². The standard InChI is InChI=1S/C36H61NO26/c1-9-17(43)21(47)24(50)33(54-9)60-28-15(8-41)58-32(62-30-20(46)13(6-39)56-35(26(30)52)59-27-11(42)3-4-53-14(27)7-40)16(37)29(28)61-36-31(23(49)19(45)12(5-38)57-36)63-34-25(51)22(48)18(44)10(2)55-34/h3-4,9-36,38-52H,5-8,37H2,1-2H3/t9-,10?,11+,12?,13?,14?,15?,16?,17+,18-,19-,20-,21?,22+,23-,24?,25?,26?,27-,28+,29+,30-,31?,32-,33-,34-,35-,36-/m0/s1. The molecule has 17 N–H and O–H groups in total. The molecule has 6 aliphatic rings. The molecular formula is C36H61NO26. The highest BCUT2D eigenvalue weighted by atomic mass is 16.8. The fraction of sp³-hybridized carbons (Fsp3) is 0.944. The Morgan fingerprint density at radius 1 is 0.397 bits per heavy atom. The van der Waals surface area contributed by atoms with E-state index in [1.807, 2.05) is 0 Å². The van der Waals surface area contributed by atoms with Crippen molar-refractivity contribution in [1.29, 1.82) is 0 Å². The molecule has 0 bridgehead atoms. The van der Waals surface area contributed by atoms with E-state index in [0.717, 1.165) is 6.26 Å². The van der Waals surface area contributed by atoms with Crippen LogP contribution in [-0.4, -0.2) is 275 Å². The second-order valence-corrected chi connectivity index (χ2v) is 16.3. The molecule has 27 heteroatoms. The Bertz CT molecular complexity index is 1460. The monoisotopic (exact) mass is 923 g/mol. The molecule has 28 atom stereocenters. The van der Waals surface area contributed by atoms with Crippen LogP contribution in [0.5, 0.6) is 0 Å². The zero-order valence-corrected chi connectivity index (χ0v) is 33.9. The maximum Gasteiger partial charge on any atom is 0.187 e. The van der Waals surface area contributed by atoms with Crippen LogP contribution in [0.4, 0.5) is 0 Å². The van der Waals surface area contributed by atoms with Gasteiger partial charge in [-0.25, -0.2) is 0 Å². The van der Waals surface area contributed by atoms with E-state index in [1.165, 1.54) is 19.9 Å². The van der Waals surface area contributed by atoms with Gasteiger partial charge in [-0.05, 0) is 19.9 Å². The van der Waals surface area contributed by atoms with Gasteiger partial charge in [0.25, 0.3) is 0 Å². The van der Waals surface area contributed by atoms with Gasteiger partial charge in [0.1, 0.15) is 122 Å². The smallest absolute Gasteiger partial charge is 0.187 e. The van der Waals surface area contributed by atoms with E-state index in [-0.39, 0.29) is 0 Å². The fourth-order valence-corrected chi connectivity index (χ4v) is 8.14. The van der Waals surface area contributed by atoms with Crippen molar-refractivity contribution in [1.82, 2.24) is 0 Å². The van der Waals surface area contributed by atoms with E-state index < -0.39 is 198 Å². The Balaban J connectivity index is 1.32. The lowest BCUT2D eigenvalue weighted by atomic mass is 9.94. The number of rotatable bonds is 14. The molecule has 6 rings (SSSR count). The summed E-state index contributed by atoms with van der Waals surface area (Å²) in [6, 6.07) is -1.74. The zero-order chi connectivity index (χ0) is 46.2. The Labute approximate surface area is 358 Å². The topological polar surface area (TPSA) is 431 Å². The number of hydrogen-bond donors (Lipinski definition) is 16. The Kier molecular flexibility index (Phi) is 17.5. The molecule has 366 valence electrons. The molecule has 0 radical (unpaired) electrons. The van der Waals surface area contributed by atoms with Crippen LogP contribution in [0, 0.1) is 0 Å². The van der Waals surface area contributed by atoms with Crippen LogP contribution in [0.1, 0.15) is 13.8 Å². The molecule has 0 aromatic carbocycles. The van der Waals surface area contributed by atoms with Gasteiger partial charge in [0, 0.05) is 0 Å². The molecule has 6 aliphatic heterocycles. The van der Waals surface area contributed by atoms with Crippen LogP contribution in [0.15, 0.2) is 12.3 Å². The maximum atomic E-state index is 11.5. The highest BCUT2D eigenvalue weighted by Gasteiger charge is 2.57. The van der Waals surface area contributed by atoms with Crippen molar-refractivity contribution in [3.63, 3.8) is 0 Å². The molecule has 6 heterocycles. The van der Waals surface area contributed by atoms with Crippen LogP contribution in [0.2, 0.25) is 0 Å². The number of nitrogens with two attached hydrogens (primary N) is 1. The minimum absolute atomic E-state index is 0.649. The summed E-state index contributed by atoms with van der Waals surface area (Å²) in [5.74, 6) is 0. The first-order chi connectivity index (χ1) is 29.9. The molecule has 0 amide bonds. The summed E-state index contributed by atoms with van der Waals surface area (Å²) in [5.41, 5.74) is 6.74. The lowest BCUT2D eigenvalue weighted by Gasteiger charge is -2.51. The van der Waals surface area contributed by atoms with Crippen LogP contribution >= 0.6 is 0 Å². The summed E-state index contributed by atoms with van der Waals surface area (Å²) in [6.07, 6.45) is -43.7. The molecular weight excluding hydrogens is 862 g/mol. The maximum absolute atomic E-state index is 11.5. The van der Waals surface area contributed by atoms with Gasteiger partial charge in [-0.2, -0.15) is 0 Å². The summed E-state index contributed by atoms with van der Waals surface area (Å²) in [6.45, 7) is -0.740. The van der Waals surface area contributed by atoms with Gasteiger partial charge in [0.15, 0.2) is 31.5 Å². The van der Waals surface area contributed by atoms with Gasteiger partial charge in [-0.1, -0.05) is 0 Å². The molecule has 5 saturated heterocycles. The van der Waals surface area contributed by atoms with E-state index >= 15 is 0 Å². The Morgan fingerprint density at radius 2 is 0.841 bits per heavy atom. The third kappa shape index (κ3) is 10.5. The summed E-state index contributed by atoms with van der Waals surface area (Å²) >= 11 is 0. The highest BCUT2D eigenvalue weighted by Crippen LogP contribution is 2.37. The van der Waals surface area contributed by atoms with Gasteiger partial charge in [0.05, 0.1) is 50.9 Å². The van der Waals surface area contributed by atoms with Gasteiger partial charge in [-0.15, -0.1) is 0 Å². The lowest BCUT2D eigenvalue weighted by Crippen LogP contribution is -2.70. The molecule has 11 unspecified atom stereocenters. The third-order valence-electron chi connectivity index (χ3n) is 12.0. The van der Waals surface area contributed by atoms with Crippen molar-refractivity contribution >= 4 is 0 Å². The van der Waals surface area contributed by atoms with E-state index in [4.69, 9.17) is 57.8 Å². The number of ether oxygens (including phenoxy) is 11. The quantitative estimate of drug-likeness (QED) is 0.0769. The van der Waals surface area contributed by atoms with Crippen molar-refractivity contribution in [2.24, 2.45) is 5.73 Å². The molecule has 0 aliphatic carbocycles. The molecule has 5 fully saturated rings. The first-order valence-electron chi connectivity index (χ1n) is 20.4. The highest BCUT2D eigenvalue weighted by molar-refractivity contribution is 5.02. The number of aliphatic hydroxyl groups is 15. The number of hydrogen-bond acceptors (Lipinski definition) is 27. The Morgan fingerprint density at radius 3 is 1.40 bits per heavy atom. The first kappa shape index (κ1) is 50.9. The van der Waals surface area contributed by atoms with Crippen molar-refractivity contribution in [2.75, 3.05) is 26.4 Å². The van der Waals surface area contributed by atoms with Crippen LogP contribution < -0.4 is 5.73 Å². The molecule has 0 aromatic heterocycles. The van der Waals surface area contributed by atoms with E-state index in [0.29, 0.717) is 0 Å². The summed E-state index contributed by atoms with van der Waals surface area (Å²) in [7, 11) is 0. The van der Waals surface area contributed by atoms with Crippen molar-refractivity contribution < 1.29 is 129 Å². The van der Waals surface area contributed by atoms with Crippen molar-refractivity contribution in [3.05, 3.63) is 12.3 Å². The lowest BCUT2D eigenvalue weighted by molar-refractivity contribution is -0.397. The predicted octanol–water partition coefficient (Wildman–Crippen LogP) is -10.2. The molecule has 27 nitrogen and oxygen atoms in total. The average molecular weight is 924 g/mol. The van der Waals surface area contributed by atoms with Gasteiger partial charge in [0.2, 0.25) is 0 Å². The van der Waals surface area contributed by atoms with E-state index in [2.05, 4.69) is 0 Å². The van der Waals surface area contributed by atoms with Crippen molar-refractivity contribution in [2.45, 2.75) is 186 Å². The largest absolute Gasteiger partial charge is 0.493 e. The SMILES string of the molecule is CC1O[C@@H](OC2[C@H](O[C@@H]3C(N)[C@H](O[C@@H]4C(O)[C@H](O[C@@H]5C(CO)OC=C[C@H]5O)OC(CO)[C@@H]4O)OC(CO)[C@H]3O[C@@H]3O[C@@H](C)[C@@H](O)C(O)C3O)OC(CO)[C@H](O)[C@@H]2O)C(O)[C@H](O)[C@H]1O. The average Bonchev–Trinajstić information content (AvgIpc) is 3.27. The summed E-state index contributed by atoms with van der Waals surface area (Å²) in [5, 5.41) is 159. The molecule has 63 heavy (non-hydrogen) atoms. The number of aliphatic hydroxyl groups excluding tert-OH is 15. The molecule has 0 spiro atoms. The summed E-state index contributed by atoms with van der Waals surface area (Å²) in [4.78, 5) is 0. The van der Waals surface area contributed by atoms with Gasteiger partial charge in [-0.3, -0.25) is 0 Å². The van der Waals surface area contributed by atoms with Crippen LogP contribution in [0.25, 0.3) is 0 Å². The minimum atomic E-state index is -2.03. The minimum Gasteiger partial charge on any atom is -0.493 e. The summed E-state index contributed by atoms with van der Waals surface area (Å²) < 4.78 is 63.8. The second kappa shape index (κ2) is 21.6. The first-order valence-corrected chi connectivity index (χ1v) is 20.4. The second-order valence-electron chi connectivity index (χ2n) is 16.3. The van der Waals surface area contributed by atoms with Gasteiger partial charge < -0.3 is 134 Å². The van der Waals surface area contributed by atoms with Crippen LogP contribution in [-0.2, 0) is 52.1 Å². The normalized spacial score (nSPS) is 53.2. The van der Waals surface area contributed by atoms with E-state index in [1.54, 1.807) is 0 Å². The predicted molar refractivity (Wildman–Crippen MR) is 195 cm³/mol. The van der Waals surface area contributed by atoms with Crippen molar-refractivity contribution in [3.8, 4) is 0 Å². The Hall–Kier alpha value is -1.50.